The first kappa shape index (κ1) is 24.4. The summed E-state index contributed by atoms with van der Waals surface area (Å²) in [5.41, 5.74) is 0. The Labute approximate surface area is 156 Å². The van der Waals surface area contributed by atoms with Crippen molar-refractivity contribution in [1.29, 1.82) is 0 Å². The fourth-order valence-corrected chi connectivity index (χ4v) is 2.75. The highest BCUT2D eigenvalue weighted by atomic mass is 17.2. The Morgan fingerprint density at radius 1 is 0.720 bits per heavy atom. The smallest absolute Gasteiger partial charge is 0.329 e. The summed E-state index contributed by atoms with van der Waals surface area (Å²) < 4.78 is 0.802. The van der Waals surface area contributed by atoms with Crippen molar-refractivity contribution in [3.63, 3.8) is 0 Å². The third-order valence-corrected chi connectivity index (χ3v) is 4.48. The highest BCUT2D eigenvalue weighted by Gasteiger charge is 2.08. The minimum Gasteiger partial charge on any atom is -0.329 e. The molecule has 0 radical (unpaired) electrons. The van der Waals surface area contributed by atoms with Gasteiger partial charge >= 0.3 is 5.97 Å². The van der Waals surface area contributed by atoms with Gasteiger partial charge in [0.2, 0.25) is 0 Å². The summed E-state index contributed by atoms with van der Waals surface area (Å²) in [7, 11) is 6.25. The van der Waals surface area contributed by atoms with E-state index in [0.29, 0.717) is 13.0 Å². The van der Waals surface area contributed by atoms with Gasteiger partial charge < -0.3 is 4.48 Å². The third kappa shape index (κ3) is 21.3. The Balaban J connectivity index is 3.18. The van der Waals surface area contributed by atoms with Crippen LogP contribution in [-0.2, 0) is 14.6 Å². The summed E-state index contributed by atoms with van der Waals surface area (Å²) in [6, 6.07) is 0. The van der Waals surface area contributed by atoms with Gasteiger partial charge in [0.25, 0.3) is 0 Å². The average molecular weight is 359 g/mol. The molecule has 0 unspecified atom stereocenters. The lowest BCUT2D eigenvalue weighted by Gasteiger charge is -2.22. The number of likely N-dealkylation sites (N-methyl/N-ethyl adjacent to an activating group) is 1. The molecule has 0 aromatic heterocycles. The Morgan fingerprint density at radius 2 is 1.16 bits per heavy atom. The van der Waals surface area contributed by atoms with E-state index in [4.69, 9.17) is 9.78 Å². The van der Waals surface area contributed by atoms with Crippen LogP contribution in [0.1, 0.15) is 96.8 Å². The Kier molecular flexibility index (Phi) is 16.4. The van der Waals surface area contributed by atoms with Crippen LogP contribution in [0.5, 0.6) is 0 Å². The molecule has 0 spiro atoms. The molecule has 0 saturated heterocycles. The number of quaternary nitrogens is 1. The molecule has 0 N–H and O–H groups in total. The molecule has 4 heteroatoms. The maximum Gasteiger partial charge on any atom is 0.342 e. The predicted octanol–water partition coefficient (Wildman–Crippen LogP) is 5.65. The molecule has 0 aromatic carbocycles. The quantitative estimate of drug-likeness (QED) is 0.137. The number of carbonyl (C=O) groups excluding carboxylic acids is 1. The van der Waals surface area contributed by atoms with Gasteiger partial charge in [-0.3, -0.25) is 4.89 Å². The van der Waals surface area contributed by atoms with E-state index in [9.17, 15) is 4.79 Å². The van der Waals surface area contributed by atoms with E-state index < -0.39 is 0 Å². The molecule has 150 valence electrons. The van der Waals surface area contributed by atoms with Crippen molar-refractivity contribution in [1.82, 2.24) is 0 Å². The Bertz CT molecular complexity index is 300. The van der Waals surface area contributed by atoms with Crippen molar-refractivity contribution in [3.8, 4) is 0 Å². The molecule has 0 bridgehead atoms. The van der Waals surface area contributed by atoms with Gasteiger partial charge in [-0.2, -0.15) is 4.89 Å². The molecular weight excluding hydrogens is 314 g/mol. The van der Waals surface area contributed by atoms with Crippen LogP contribution in [0, 0.1) is 0 Å². The monoisotopic (exact) mass is 358 g/mol. The third-order valence-electron chi connectivity index (χ3n) is 4.48. The number of carbonyl (C=O) groups is 1. The normalized spacial score (nSPS) is 11.7. The van der Waals surface area contributed by atoms with E-state index in [1.165, 1.54) is 70.6 Å². The Morgan fingerprint density at radius 3 is 1.60 bits per heavy atom. The molecule has 0 fully saturated rings. The zero-order valence-electron chi connectivity index (χ0n) is 17.5. The molecule has 0 aliphatic carbocycles. The minimum atomic E-state index is -0.232. The lowest BCUT2D eigenvalue weighted by atomic mass is 10.0. The summed E-state index contributed by atoms with van der Waals surface area (Å²) in [6.45, 7) is 3.55. The summed E-state index contributed by atoms with van der Waals surface area (Å²) in [4.78, 5) is 21.3. The number of nitrogens with zero attached hydrogens (tertiary/aromatic N) is 1. The molecule has 0 heterocycles. The van der Waals surface area contributed by atoms with Gasteiger partial charge in [0.1, 0.15) is 13.2 Å². The second-order valence-corrected chi connectivity index (χ2v) is 8.28. The number of rotatable bonds is 18. The summed E-state index contributed by atoms with van der Waals surface area (Å²) in [5.74, 6) is -0.232. The van der Waals surface area contributed by atoms with Crippen LogP contribution >= 0.6 is 0 Å². The van der Waals surface area contributed by atoms with Crippen molar-refractivity contribution < 1.29 is 19.1 Å². The molecule has 0 atom stereocenters. The number of hydrogen-bond donors (Lipinski definition) is 0. The number of unbranched alkanes of at least 4 members (excludes halogenated alkanes) is 12. The van der Waals surface area contributed by atoms with E-state index >= 15 is 0 Å². The number of hydrogen-bond acceptors (Lipinski definition) is 3. The van der Waals surface area contributed by atoms with E-state index in [1.807, 2.05) is 0 Å². The van der Waals surface area contributed by atoms with Crippen LogP contribution < -0.4 is 0 Å². The van der Waals surface area contributed by atoms with Crippen LogP contribution in [0.25, 0.3) is 0 Å². The van der Waals surface area contributed by atoms with Gasteiger partial charge in [-0.1, -0.05) is 84.0 Å². The van der Waals surface area contributed by atoms with E-state index in [1.54, 1.807) is 0 Å². The van der Waals surface area contributed by atoms with Gasteiger partial charge in [0.15, 0.2) is 0 Å². The standard InChI is InChI=1S/C21H44NO3/c1-5-6-7-8-9-10-11-12-13-14-15-16-17-18-21(23)25-24-20-19-22(2,3)4/h5-20H2,1-4H3/q+1. The zero-order valence-corrected chi connectivity index (χ0v) is 17.5. The first-order valence-electron chi connectivity index (χ1n) is 10.6. The van der Waals surface area contributed by atoms with Crippen molar-refractivity contribution in [3.05, 3.63) is 0 Å². The summed E-state index contributed by atoms with van der Waals surface area (Å²) in [6.07, 6.45) is 17.5. The summed E-state index contributed by atoms with van der Waals surface area (Å²) >= 11 is 0. The molecule has 25 heavy (non-hydrogen) atoms. The fraction of sp³-hybridized carbons (Fsp3) is 0.952. The lowest BCUT2D eigenvalue weighted by molar-refractivity contribution is -0.871. The van der Waals surface area contributed by atoms with E-state index in [0.717, 1.165) is 23.9 Å². The highest BCUT2D eigenvalue weighted by Crippen LogP contribution is 2.13. The van der Waals surface area contributed by atoms with Gasteiger partial charge in [-0.05, 0) is 6.42 Å². The SMILES string of the molecule is CCCCCCCCCCCCCCCC(=O)OOCC[N+](C)(C)C. The van der Waals surface area contributed by atoms with Crippen LogP contribution in [-0.4, -0.2) is 44.7 Å². The van der Waals surface area contributed by atoms with E-state index in [2.05, 4.69) is 28.1 Å². The Hall–Kier alpha value is -0.610. The predicted molar refractivity (Wildman–Crippen MR) is 105 cm³/mol. The molecule has 0 saturated carbocycles. The second-order valence-electron chi connectivity index (χ2n) is 8.28. The molecule has 0 amide bonds. The van der Waals surface area contributed by atoms with Gasteiger partial charge in [-0.25, -0.2) is 4.79 Å². The zero-order chi connectivity index (χ0) is 18.8. The van der Waals surface area contributed by atoms with Crippen molar-refractivity contribution in [2.75, 3.05) is 34.3 Å². The average Bonchev–Trinajstić information content (AvgIpc) is 2.55. The minimum absolute atomic E-state index is 0.232. The molecule has 0 aromatic rings. The first-order valence-corrected chi connectivity index (χ1v) is 10.6. The largest absolute Gasteiger partial charge is 0.342 e. The van der Waals surface area contributed by atoms with Crippen molar-refractivity contribution in [2.45, 2.75) is 96.8 Å². The van der Waals surface area contributed by atoms with Crippen molar-refractivity contribution in [2.24, 2.45) is 0 Å². The van der Waals surface area contributed by atoms with Gasteiger partial charge in [-0.15, -0.1) is 0 Å². The topological polar surface area (TPSA) is 35.5 Å². The molecular formula is C21H44NO3+. The van der Waals surface area contributed by atoms with Crippen LogP contribution in [0.15, 0.2) is 0 Å². The lowest BCUT2D eigenvalue weighted by Crippen LogP contribution is -2.37. The molecule has 0 aliphatic rings. The van der Waals surface area contributed by atoms with Crippen LogP contribution in [0.2, 0.25) is 0 Å². The molecule has 0 aliphatic heterocycles. The van der Waals surface area contributed by atoms with Crippen molar-refractivity contribution >= 4 is 5.97 Å². The van der Waals surface area contributed by atoms with Crippen LogP contribution in [0.4, 0.5) is 0 Å². The first-order chi connectivity index (χ1) is 12.0. The van der Waals surface area contributed by atoms with Gasteiger partial charge in [0.05, 0.1) is 21.1 Å². The van der Waals surface area contributed by atoms with Gasteiger partial charge in [0, 0.05) is 6.42 Å². The maximum absolute atomic E-state index is 11.5. The van der Waals surface area contributed by atoms with Crippen LogP contribution in [0.3, 0.4) is 0 Å². The second kappa shape index (κ2) is 16.8. The highest BCUT2D eigenvalue weighted by molar-refractivity contribution is 5.68. The summed E-state index contributed by atoms with van der Waals surface area (Å²) in [5, 5.41) is 0. The fourth-order valence-electron chi connectivity index (χ4n) is 2.75. The molecule has 4 nitrogen and oxygen atoms in total. The molecule has 0 rings (SSSR count). The van der Waals surface area contributed by atoms with E-state index in [-0.39, 0.29) is 5.97 Å². The maximum atomic E-state index is 11.5.